The number of hydrogen-bond acceptors (Lipinski definition) is 5. The Hall–Kier alpha value is -1.43. The molecule has 3 rings (SSSR count). The summed E-state index contributed by atoms with van der Waals surface area (Å²) in [6.45, 7) is 8.57. The van der Waals surface area contributed by atoms with Gasteiger partial charge in [-0.3, -0.25) is 9.80 Å². The third-order valence-corrected chi connectivity index (χ3v) is 4.36. The molecule has 0 saturated carbocycles. The SMILES string of the molecule is CC[C@@H]1CN(Cc2nc3ccccc3o2)CCN1C[C@H](C)O. The van der Waals surface area contributed by atoms with Crippen LogP contribution in [0.25, 0.3) is 11.1 Å². The van der Waals surface area contributed by atoms with Crippen LogP contribution in [0.3, 0.4) is 0 Å². The van der Waals surface area contributed by atoms with E-state index in [1.165, 1.54) is 0 Å². The molecule has 0 aliphatic carbocycles. The van der Waals surface area contributed by atoms with Crippen molar-refractivity contribution in [1.82, 2.24) is 14.8 Å². The summed E-state index contributed by atoms with van der Waals surface area (Å²) in [6, 6.07) is 8.39. The largest absolute Gasteiger partial charge is 0.439 e. The van der Waals surface area contributed by atoms with Crippen LogP contribution in [0.5, 0.6) is 0 Å². The minimum absolute atomic E-state index is 0.266. The summed E-state index contributed by atoms with van der Waals surface area (Å²) >= 11 is 0. The van der Waals surface area contributed by atoms with E-state index in [1.807, 2.05) is 31.2 Å². The first-order valence-electron chi connectivity index (χ1n) is 8.14. The number of aromatic nitrogens is 1. The maximum absolute atomic E-state index is 9.62. The Morgan fingerprint density at radius 1 is 1.36 bits per heavy atom. The number of β-amino-alcohol motifs (C(OH)–C–C–N with tert-alkyl or cyclic N) is 1. The topological polar surface area (TPSA) is 52.7 Å². The fourth-order valence-corrected chi connectivity index (χ4v) is 3.25. The first-order valence-corrected chi connectivity index (χ1v) is 8.14. The van der Waals surface area contributed by atoms with Crippen LogP contribution in [-0.4, -0.2) is 58.2 Å². The minimum atomic E-state index is -0.266. The molecule has 1 aliphatic heterocycles. The van der Waals surface area contributed by atoms with Gasteiger partial charge < -0.3 is 9.52 Å². The monoisotopic (exact) mass is 303 g/mol. The summed E-state index contributed by atoms with van der Waals surface area (Å²) in [4.78, 5) is 9.36. The van der Waals surface area contributed by atoms with E-state index in [9.17, 15) is 5.11 Å². The average Bonchev–Trinajstić information content (AvgIpc) is 2.90. The maximum atomic E-state index is 9.62. The molecule has 0 spiro atoms. The zero-order chi connectivity index (χ0) is 15.5. The molecule has 2 heterocycles. The highest BCUT2D eigenvalue weighted by Gasteiger charge is 2.27. The van der Waals surface area contributed by atoms with Crippen molar-refractivity contribution in [3.05, 3.63) is 30.2 Å². The average molecular weight is 303 g/mol. The molecule has 1 saturated heterocycles. The first kappa shape index (κ1) is 15.5. The molecular weight excluding hydrogens is 278 g/mol. The number of oxazole rings is 1. The summed E-state index contributed by atoms with van der Waals surface area (Å²) in [5.41, 5.74) is 1.79. The Balaban J connectivity index is 1.64. The lowest BCUT2D eigenvalue weighted by Crippen LogP contribution is -2.54. The van der Waals surface area contributed by atoms with Crippen LogP contribution in [-0.2, 0) is 6.54 Å². The highest BCUT2D eigenvalue weighted by molar-refractivity contribution is 5.72. The molecule has 22 heavy (non-hydrogen) atoms. The molecule has 1 aromatic heterocycles. The number of aliphatic hydroxyl groups excluding tert-OH is 1. The molecule has 1 aliphatic rings. The van der Waals surface area contributed by atoms with E-state index in [0.29, 0.717) is 6.04 Å². The summed E-state index contributed by atoms with van der Waals surface area (Å²) in [5.74, 6) is 0.792. The minimum Gasteiger partial charge on any atom is -0.439 e. The second-order valence-electron chi connectivity index (χ2n) is 6.22. The number of para-hydroxylation sites is 2. The zero-order valence-corrected chi connectivity index (χ0v) is 13.4. The molecule has 0 bridgehead atoms. The number of fused-ring (bicyclic) bond motifs is 1. The molecule has 120 valence electrons. The summed E-state index contributed by atoms with van der Waals surface area (Å²) in [6.07, 6.45) is 0.828. The van der Waals surface area contributed by atoms with Crippen molar-refractivity contribution < 1.29 is 9.52 Å². The lowest BCUT2D eigenvalue weighted by atomic mass is 10.1. The summed E-state index contributed by atoms with van der Waals surface area (Å²) in [5, 5.41) is 9.62. The second-order valence-corrected chi connectivity index (χ2v) is 6.22. The van der Waals surface area contributed by atoms with Crippen molar-refractivity contribution in [2.45, 2.75) is 39.0 Å². The van der Waals surface area contributed by atoms with E-state index in [0.717, 1.165) is 56.1 Å². The zero-order valence-electron chi connectivity index (χ0n) is 13.4. The van der Waals surface area contributed by atoms with Gasteiger partial charge >= 0.3 is 0 Å². The Morgan fingerprint density at radius 3 is 2.91 bits per heavy atom. The molecule has 5 heteroatoms. The maximum Gasteiger partial charge on any atom is 0.209 e. The molecule has 0 unspecified atom stereocenters. The van der Waals surface area contributed by atoms with Crippen LogP contribution in [0.1, 0.15) is 26.2 Å². The Morgan fingerprint density at radius 2 is 2.18 bits per heavy atom. The quantitative estimate of drug-likeness (QED) is 0.917. The molecule has 0 amide bonds. The van der Waals surface area contributed by atoms with Gasteiger partial charge in [-0.2, -0.15) is 0 Å². The van der Waals surface area contributed by atoms with Gasteiger partial charge in [-0.1, -0.05) is 19.1 Å². The van der Waals surface area contributed by atoms with Gasteiger partial charge in [-0.15, -0.1) is 0 Å². The van der Waals surface area contributed by atoms with Crippen LogP contribution >= 0.6 is 0 Å². The molecule has 1 aromatic carbocycles. The standard InChI is InChI=1S/C17H25N3O2/c1-3-14-11-19(8-9-20(14)10-13(2)21)12-17-18-15-6-4-5-7-16(15)22-17/h4-7,13-14,21H,3,8-12H2,1-2H3/t13-,14+/m0/s1. The summed E-state index contributed by atoms with van der Waals surface area (Å²) in [7, 11) is 0. The molecule has 0 radical (unpaired) electrons. The second kappa shape index (κ2) is 6.77. The smallest absolute Gasteiger partial charge is 0.209 e. The lowest BCUT2D eigenvalue weighted by Gasteiger charge is -2.41. The van der Waals surface area contributed by atoms with E-state index in [-0.39, 0.29) is 6.10 Å². The van der Waals surface area contributed by atoms with Crippen LogP contribution in [0, 0.1) is 0 Å². The van der Waals surface area contributed by atoms with Gasteiger partial charge in [0.15, 0.2) is 5.58 Å². The highest BCUT2D eigenvalue weighted by Crippen LogP contribution is 2.19. The number of piperazine rings is 1. The Bertz CT molecular complexity index is 578. The van der Waals surface area contributed by atoms with Crippen molar-refractivity contribution in [2.75, 3.05) is 26.2 Å². The van der Waals surface area contributed by atoms with Crippen molar-refractivity contribution in [3.63, 3.8) is 0 Å². The third-order valence-electron chi connectivity index (χ3n) is 4.36. The van der Waals surface area contributed by atoms with Gasteiger partial charge in [-0.25, -0.2) is 4.98 Å². The highest BCUT2D eigenvalue weighted by atomic mass is 16.3. The van der Waals surface area contributed by atoms with Crippen molar-refractivity contribution in [2.24, 2.45) is 0 Å². The van der Waals surface area contributed by atoms with Gasteiger partial charge in [0, 0.05) is 32.2 Å². The Labute approximate surface area is 131 Å². The fraction of sp³-hybridized carbons (Fsp3) is 0.588. The van der Waals surface area contributed by atoms with Gasteiger partial charge in [0.1, 0.15) is 5.52 Å². The van der Waals surface area contributed by atoms with Gasteiger partial charge in [-0.05, 0) is 25.5 Å². The van der Waals surface area contributed by atoms with E-state index in [1.54, 1.807) is 0 Å². The number of benzene rings is 1. The molecule has 2 atom stereocenters. The number of rotatable bonds is 5. The normalized spacial score (nSPS) is 22.2. The molecule has 1 fully saturated rings. The van der Waals surface area contributed by atoms with Crippen molar-refractivity contribution in [1.29, 1.82) is 0 Å². The first-order chi connectivity index (χ1) is 10.7. The van der Waals surface area contributed by atoms with Crippen LogP contribution in [0.15, 0.2) is 28.7 Å². The van der Waals surface area contributed by atoms with E-state index >= 15 is 0 Å². The molecule has 2 aromatic rings. The van der Waals surface area contributed by atoms with E-state index in [4.69, 9.17) is 4.42 Å². The fourth-order valence-electron chi connectivity index (χ4n) is 3.25. The number of aliphatic hydroxyl groups is 1. The molecule has 1 N–H and O–H groups in total. The predicted molar refractivity (Wildman–Crippen MR) is 86.6 cm³/mol. The predicted octanol–water partition coefficient (Wildman–Crippen LogP) is 2.10. The van der Waals surface area contributed by atoms with Gasteiger partial charge in [0.25, 0.3) is 0 Å². The lowest BCUT2D eigenvalue weighted by molar-refractivity contribution is 0.0311. The third kappa shape index (κ3) is 3.48. The van der Waals surface area contributed by atoms with E-state index in [2.05, 4.69) is 21.7 Å². The van der Waals surface area contributed by atoms with Crippen molar-refractivity contribution in [3.8, 4) is 0 Å². The van der Waals surface area contributed by atoms with Gasteiger partial charge in [0.2, 0.25) is 5.89 Å². The number of hydrogen-bond donors (Lipinski definition) is 1. The van der Waals surface area contributed by atoms with Crippen LogP contribution in [0.4, 0.5) is 0 Å². The van der Waals surface area contributed by atoms with Crippen molar-refractivity contribution >= 4 is 11.1 Å². The summed E-state index contributed by atoms with van der Waals surface area (Å²) < 4.78 is 5.82. The molecular formula is C17H25N3O2. The molecule has 5 nitrogen and oxygen atoms in total. The van der Waals surface area contributed by atoms with Gasteiger partial charge in [0.05, 0.1) is 12.6 Å². The van der Waals surface area contributed by atoms with E-state index < -0.39 is 0 Å². The Kier molecular flexibility index (Phi) is 4.76. The number of nitrogens with zero attached hydrogens (tertiary/aromatic N) is 3. The van der Waals surface area contributed by atoms with Crippen LogP contribution < -0.4 is 0 Å². The van der Waals surface area contributed by atoms with Crippen LogP contribution in [0.2, 0.25) is 0 Å².